The van der Waals surface area contributed by atoms with Crippen molar-refractivity contribution in [2.24, 2.45) is 7.05 Å². The molecule has 3 rings (SSSR count). The number of carbonyl (C=O) groups is 1. The fourth-order valence-electron chi connectivity index (χ4n) is 3.01. The van der Waals surface area contributed by atoms with Crippen LogP contribution in [0.1, 0.15) is 11.3 Å². The van der Waals surface area contributed by atoms with Crippen LogP contribution in [-0.2, 0) is 18.4 Å². The third-order valence-corrected chi connectivity index (χ3v) is 4.50. The lowest BCUT2D eigenvalue weighted by Gasteiger charge is -2.18. The van der Waals surface area contributed by atoms with Gasteiger partial charge in [-0.2, -0.15) is 0 Å². The number of anilines is 1. The number of rotatable bonds is 3. The van der Waals surface area contributed by atoms with E-state index in [2.05, 4.69) is 4.98 Å². The first kappa shape index (κ1) is 18.5. The predicted octanol–water partition coefficient (Wildman–Crippen LogP) is 1.51. The molecule has 140 valence electrons. The van der Waals surface area contributed by atoms with Gasteiger partial charge in [0.2, 0.25) is 5.91 Å². The van der Waals surface area contributed by atoms with Crippen molar-refractivity contribution in [3.63, 3.8) is 0 Å². The summed E-state index contributed by atoms with van der Waals surface area (Å²) in [5, 5.41) is 0.305. The van der Waals surface area contributed by atoms with Gasteiger partial charge in [-0.05, 0) is 49.7 Å². The van der Waals surface area contributed by atoms with Crippen molar-refractivity contribution in [3.05, 3.63) is 68.2 Å². The highest BCUT2D eigenvalue weighted by atomic mass is 19.1. The molecule has 27 heavy (non-hydrogen) atoms. The fraction of sp³-hybridized carbons (Fsp3) is 0.263. The molecule has 0 N–H and O–H groups in total. The number of aryl methyl sites for hydroxylation is 3. The van der Waals surface area contributed by atoms with Crippen LogP contribution < -0.4 is 16.1 Å². The van der Waals surface area contributed by atoms with Crippen LogP contribution in [-0.4, -0.2) is 27.1 Å². The van der Waals surface area contributed by atoms with Crippen LogP contribution >= 0.6 is 0 Å². The molecule has 0 saturated heterocycles. The highest BCUT2D eigenvalue weighted by Crippen LogP contribution is 2.14. The van der Waals surface area contributed by atoms with Crippen molar-refractivity contribution in [2.45, 2.75) is 20.4 Å². The van der Waals surface area contributed by atoms with Gasteiger partial charge in [0, 0.05) is 25.5 Å². The summed E-state index contributed by atoms with van der Waals surface area (Å²) in [6, 6.07) is 7.12. The van der Waals surface area contributed by atoms with Crippen LogP contribution in [0, 0.1) is 19.7 Å². The normalized spacial score (nSPS) is 11.0. The minimum absolute atomic E-state index is 0.290. The van der Waals surface area contributed by atoms with E-state index in [0.717, 1.165) is 4.57 Å². The molecule has 0 atom stereocenters. The molecule has 0 spiro atoms. The smallest absolute Gasteiger partial charge is 0.314 e. The average molecular weight is 370 g/mol. The topological polar surface area (TPSA) is 77.2 Å². The van der Waals surface area contributed by atoms with E-state index in [1.54, 1.807) is 19.9 Å². The molecule has 3 aromatic rings. The summed E-state index contributed by atoms with van der Waals surface area (Å²) in [5.74, 6) is -0.893. The van der Waals surface area contributed by atoms with E-state index in [9.17, 15) is 18.8 Å². The number of hydrogen-bond acceptors (Lipinski definition) is 4. The number of likely N-dealkylation sites (N-methyl/N-ethyl adjacent to an activating group) is 1. The molecular weight excluding hydrogens is 351 g/mol. The Morgan fingerprint density at radius 3 is 2.44 bits per heavy atom. The Morgan fingerprint density at radius 2 is 1.81 bits per heavy atom. The zero-order chi connectivity index (χ0) is 19.9. The Labute approximate surface area is 154 Å². The maximum atomic E-state index is 13.1. The number of pyridine rings is 1. The van der Waals surface area contributed by atoms with Gasteiger partial charge in [0.1, 0.15) is 18.0 Å². The van der Waals surface area contributed by atoms with Crippen molar-refractivity contribution in [3.8, 4) is 0 Å². The number of carbonyl (C=O) groups excluding carboxylic acids is 1. The molecule has 0 aliphatic carbocycles. The lowest BCUT2D eigenvalue weighted by molar-refractivity contribution is -0.119. The standard InChI is InChI=1S/C19H19FN4O3/c1-11-9-12(2)21-17-16(11)18(26)24(19(27)23(17)4)10-15(25)22(3)14-7-5-13(20)6-8-14/h5-9H,10H2,1-4H3. The molecule has 2 heterocycles. The average Bonchev–Trinajstić information content (AvgIpc) is 2.62. The number of fused-ring (bicyclic) bond motifs is 1. The first-order valence-electron chi connectivity index (χ1n) is 8.30. The molecule has 0 bridgehead atoms. The van der Waals surface area contributed by atoms with Crippen LogP contribution in [0.5, 0.6) is 0 Å². The molecule has 0 aliphatic rings. The van der Waals surface area contributed by atoms with Gasteiger partial charge in [-0.25, -0.2) is 14.2 Å². The Morgan fingerprint density at radius 1 is 1.19 bits per heavy atom. The molecule has 0 saturated carbocycles. The van der Waals surface area contributed by atoms with Crippen molar-refractivity contribution < 1.29 is 9.18 Å². The third kappa shape index (κ3) is 3.25. The monoisotopic (exact) mass is 370 g/mol. The van der Waals surface area contributed by atoms with Gasteiger partial charge < -0.3 is 4.90 Å². The minimum Gasteiger partial charge on any atom is -0.314 e. The Balaban J connectivity index is 2.07. The summed E-state index contributed by atoms with van der Waals surface area (Å²) in [6.07, 6.45) is 0. The first-order valence-corrected chi connectivity index (χ1v) is 8.30. The van der Waals surface area contributed by atoms with Crippen LogP contribution in [0.25, 0.3) is 11.0 Å². The molecule has 8 heteroatoms. The first-order chi connectivity index (χ1) is 12.7. The van der Waals surface area contributed by atoms with E-state index in [1.807, 2.05) is 0 Å². The summed E-state index contributed by atoms with van der Waals surface area (Å²) in [6.45, 7) is 3.12. The highest BCUT2D eigenvalue weighted by molar-refractivity contribution is 5.92. The molecule has 2 aromatic heterocycles. The Hall–Kier alpha value is -3.29. The highest BCUT2D eigenvalue weighted by Gasteiger charge is 2.19. The molecule has 0 fully saturated rings. The fourth-order valence-corrected chi connectivity index (χ4v) is 3.01. The molecule has 0 aliphatic heterocycles. The zero-order valence-electron chi connectivity index (χ0n) is 15.5. The third-order valence-electron chi connectivity index (χ3n) is 4.50. The largest absolute Gasteiger partial charge is 0.332 e. The Bertz CT molecular complexity index is 1160. The second kappa shape index (κ2) is 6.79. The summed E-state index contributed by atoms with van der Waals surface area (Å²) >= 11 is 0. The van der Waals surface area contributed by atoms with E-state index < -0.39 is 29.5 Å². The lowest BCUT2D eigenvalue weighted by Crippen LogP contribution is -2.44. The van der Waals surface area contributed by atoms with Gasteiger partial charge in [-0.15, -0.1) is 0 Å². The lowest BCUT2D eigenvalue weighted by atomic mass is 10.2. The SMILES string of the molecule is Cc1cc(C)c2c(=O)n(CC(=O)N(C)c3ccc(F)cc3)c(=O)n(C)c2n1. The van der Waals surface area contributed by atoms with Gasteiger partial charge in [0.05, 0.1) is 5.39 Å². The van der Waals surface area contributed by atoms with E-state index in [4.69, 9.17) is 0 Å². The molecule has 1 aromatic carbocycles. The van der Waals surface area contributed by atoms with Crippen LogP contribution in [0.4, 0.5) is 10.1 Å². The second-order valence-electron chi connectivity index (χ2n) is 6.44. The van der Waals surface area contributed by atoms with Crippen molar-refractivity contribution in [1.29, 1.82) is 0 Å². The number of benzene rings is 1. The Kier molecular flexibility index (Phi) is 4.65. The quantitative estimate of drug-likeness (QED) is 0.700. The maximum absolute atomic E-state index is 13.1. The van der Waals surface area contributed by atoms with E-state index in [-0.39, 0.29) is 5.65 Å². The van der Waals surface area contributed by atoms with Crippen molar-refractivity contribution in [2.75, 3.05) is 11.9 Å². The maximum Gasteiger partial charge on any atom is 0.332 e. The van der Waals surface area contributed by atoms with Gasteiger partial charge >= 0.3 is 5.69 Å². The molecule has 0 radical (unpaired) electrons. The molecule has 7 nitrogen and oxygen atoms in total. The second-order valence-corrected chi connectivity index (χ2v) is 6.44. The van der Waals surface area contributed by atoms with Gasteiger partial charge in [0.25, 0.3) is 5.56 Å². The number of halogens is 1. The summed E-state index contributed by atoms with van der Waals surface area (Å²) in [7, 11) is 3.02. The van der Waals surface area contributed by atoms with Crippen molar-refractivity contribution >= 4 is 22.6 Å². The number of aromatic nitrogens is 3. The van der Waals surface area contributed by atoms with Crippen LogP contribution in [0.15, 0.2) is 39.9 Å². The van der Waals surface area contributed by atoms with Gasteiger partial charge in [0.15, 0.2) is 0 Å². The summed E-state index contributed by atoms with van der Waals surface area (Å²) in [4.78, 5) is 43.7. The molecular formula is C19H19FN4O3. The molecule has 0 unspecified atom stereocenters. The summed E-state index contributed by atoms with van der Waals surface area (Å²) < 4.78 is 15.2. The number of hydrogen-bond donors (Lipinski definition) is 0. The number of nitrogens with zero attached hydrogens (tertiary/aromatic N) is 4. The van der Waals surface area contributed by atoms with Crippen LogP contribution in [0.2, 0.25) is 0 Å². The van der Waals surface area contributed by atoms with E-state index in [1.165, 1.54) is 47.8 Å². The zero-order valence-corrected chi connectivity index (χ0v) is 15.5. The van der Waals surface area contributed by atoms with Crippen LogP contribution in [0.3, 0.4) is 0 Å². The molecule has 1 amide bonds. The summed E-state index contributed by atoms with van der Waals surface area (Å²) in [5.41, 5.74) is 0.953. The van der Waals surface area contributed by atoms with Crippen molar-refractivity contribution in [1.82, 2.24) is 14.1 Å². The van der Waals surface area contributed by atoms with Gasteiger partial charge in [-0.1, -0.05) is 0 Å². The predicted molar refractivity (Wildman–Crippen MR) is 101 cm³/mol. The minimum atomic E-state index is -0.620. The van der Waals surface area contributed by atoms with E-state index in [0.29, 0.717) is 22.3 Å². The van der Waals surface area contributed by atoms with E-state index >= 15 is 0 Å². The van der Waals surface area contributed by atoms with Gasteiger partial charge in [-0.3, -0.25) is 18.7 Å². The number of amides is 1.